The minimum atomic E-state index is 0.263. The van der Waals surface area contributed by atoms with Crippen molar-refractivity contribution in [2.75, 3.05) is 6.61 Å². The lowest BCUT2D eigenvalue weighted by atomic mass is 9.86. The Labute approximate surface area is 103 Å². The Kier molecular flexibility index (Phi) is 4.75. The van der Waals surface area contributed by atoms with E-state index in [1.807, 2.05) is 18.2 Å². The van der Waals surface area contributed by atoms with Crippen molar-refractivity contribution in [1.29, 1.82) is 0 Å². The van der Waals surface area contributed by atoms with E-state index in [1.54, 1.807) is 0 Å². The highest BCUT2D eigenvalue weighted by Crippen LogP contribution is 2.23. The lowest BCUT2D eigenvalue weighted by Crippen LogP contribution is -2.20. The van der Waals surface area contributed by atoms with Gasteiger partial charge < -0.3 is 4.74 Å². The molecule has 1 aromatic rings. The number of benzene rings is 1. The van der Waals surface area contributed by atoms with Crippen LogP contribution in [0.4, 0.5) is 0 Å². The van der Waals surface area contributed by atoms with Crippen LogP contribution in [0.1, 0.15) is 37.7 Å². The zero-order valence-corrected chi connectivity index (χ0v) is 10.2. The van der Waals surface area contributed by atoms with Crippen molar-refractivity contribution in [2.24, 2.45) is 5.92 Å². The van der Waals surface area contributed by atoms with Crippen LogP contribution >= 0.6 is 0 Å². The molecule has 1 aromatic carbocycles. The molecule has 0 N–H and O–H groups in total. The molecule has 0 aliphatic heterocycles. The summed E-state index contributed by atoms with van der Waals surface area (Å²) in [5, 5.41) is 0. The van der Waals surface area contributed by atoms with Crippen LogP contribution in [0.15, 0.2) is 30.3 Å². The quantitative estimate of drug-likeness (QED) is 0.728. The average Bonchev–Trinajstić information content (AvgIpc) is 2.38. The SMILES string of the molecule is O=C1CCCC[C@@H]1CCOCc1ccccc1. The minimum Gasteiger partial charge on any atom is -0.377 e. The molecule has 92 valence electrons. The van der Waals surface area contributed by atoms with Crippen LogP contribution in [0.2, 0.25) is 0 Å². The highest BCUT2D eigenvalue weighted by molar-refractivity contribution is 5.81. The summed E-state index contributed by atoms with van der Waals surface area (Å²) < 4.78 is 5.62. The number of ketones is 1. The second-order valence-corrected chi connectivity index (χ2v) is 4.74. The number of Topliss-reactive ketones (excluding diaryl/α,β-unsaturated/α-hetero) is 1. The topological polar surface area (TPSA) is 26.3 Å². The van der Waals surface area contributed by atoms with Gasteiger partial charge in [0.25, 0.3) is 0 Å². The zero-order valence-electron chi connectivity index (χ0n) is 10.2. The highest BCUT2D eigenvalue weighted by atomic mass is 16.5. The molecule has 1 aliphatic carbocycles. The molecule has 17 heavy (non-hydrogen) atoms. The first-order valence-corrected chi connectivity index (χ1v) is 6.50. The average molecular weight is 232 g/mol. The van der Waals surface area contributed by atoms with Crippen molar-refractivity contribution >= 4 is 5.78 Å². The second-order valence-electron chi connectivity index (χ2n) is 4.74. The molecule has 0 saturated heterocycles. The van der Waals surface area contributed by atoms with Crippen LogP contribution in [-0.4, -0.2) is 12.4 Å². The van der Waals surface area contributed by atoms with Gasteiger partial charge >= 0.3 is 0 Å². The lowest BCUT2D eigenvalue weighted by molar-refractivity contribution is -0.125. The van der Waals surface area contributed by atoms with E-state index in [4.69, 9.17) is 4.74 Å². The summed E-state index contributed by atoms with van der Waals surface area (Å²) in [4.78, 5) is 11.6. The maximum Gasteiger partial charge on any atom is 0.136 e. The predicted molar refractivity (Wildman–Crippen MR) is 67.7 cm³/mol. The predicted octanol–water partition coefficient (Wildman–Crippen LogP) is 3.35. The molecule has 0 radical (unpaired) electrons. The summed E-state index contributed by atoms with van der Waals surface area (Å²) in [6.07, 6.45) is 5.03. The molecular formula is C15H20O2. The number of hydrogen-bond acceptors (Lipinski definition) is 2. The van der Waals surface area contributed by atoms with Gasteiger partial charge in [-0.15, -0.1) is 0 Å². The highest BCUT2D eigenvalue weighted by Gasteiger charge is 2.21. The Hall–Kier alpha value is -1.15. The molecule has 0 aromatic heterocycles. The monoisotopic (exact) mass is 232 g/mol. The number of rotatable bonds is 5. The van der Waals surface area contributed by atoms with Crippen LogP contribution < -0.4 is 0 Å². The Balaban J connectivity index is 1.64. The van der Waals surface area contributed by atoms with Gasteiger partial charge in [-0.05, 0) is 24.8 Å². The van der Waals surface area contributed by atoms with E-state index in [0.717, 1.165) is 25.7 Å². The summed E-state index contributed by atoms with van der Waals surface area (Å²) in [6.45, 7) is 1.35. The largest absolute Gasteiger partial charge is 0.377 e. The van der Waals surface area contributed by atoms with Gasteiger partial charge in [0.05, 0.1) is 6.61 Å². The van der Waals surface area contributed by atoms with Crippen LogP contribution in [0.25, 0.3) is 0 Å². The molecule has 0 unspecified atom stereocenters. The fraction of sp³-hybridized carbons (Fsp3) is 0.533. The van der Waals surface area contributed by atoms with Crippen molar-refractivity contribution in [1.82, 2.24) is 0 Å². The molecule has 0 heterocycles. The molecule has 0 bridgehead atoms. The smallest absolute Gasteiger partial charge is 0.136 e. The first-order valence-electron chi connectivity index (χ1n) is 6.50. The van der Waals surface area contributed by atoms with Gasteiger partial charge in [-0.1, -0.05) is 36.8 Å². The molecule has 0 amide bonds. The first kappa shape index (κ1) is 12.3. The van der Waals surface area contributed by atoms with Gasteiger partial charge in [-0.2, -0.15) is 0 Å². The molecule has 1 fully saturated rings. The van der Waals surface area contributed by atoms with E-state index in [1.165, 1.54) is 12.0 Å². The van der Waals surface area contributed by atoms with Crippen LogP contribution in [0.5, 0.6) is 0 Å². The Bertz CT molecular complexity index is 345. The van der Waals surface area contributed by atoms with E-state index >= 15 is 0 Å². The van der Waals surface area contributed by atoms with Gasteiger partial charge in [0.15, 0.2) is 0 Å². The Morgan fingerprint density at radius 1 is 1.18 bits per heavy atom. The third kappa shape index (κ3) is 3.97. The van der Waals surface area contributed by atoms with E-state index in [-0.39, 0.29) is 5.92 Å². The minimum absolute atomic E-state index is 0.263. The van der Waals surface area contributed by atoms with Gasteiger partial charge in [0, 0.05) is 18.9 Å². The molecule has 1 atom stereocenters. The third-order valence-electron chi connectivity index (χ3n) is 3.40. The summed E-state index contributed by atoms with van der Waals surface area (Å²) in [5.41, 5.74) is 1.20. The van der Waals surface area contributed by atoms with Crippen LogP contribution in [-0.2, 0) is 16.1 Å². The fourth-order valence-electron chi connectivity index (χ4n) is 2.35. The molecule has 0 spiro atoms. The van der Waals surface area contributed by atoms with Crippen LogP contribution in [0, 0.1) is 5.92 Å². The van der Waals surface area contributed by atoms with Crippen molar-refractivity contribution in [3.05, 3.63) is 35.9 Å². The molecule has 1 aliphatic rings. The maximum atomic E-state index is 11.6. The van der Waals surface area contributed by atoms with E-state index in [9.17, 15) is 4.79 Å². The Morgan fingerprint density at radius 2 is 2.00 bits per heavy atom. The number of hydrogen-bond donors (Lipinski definition) is 0. The normalized spacial score (nSPS) is 20.5. The maximum absolute atomic E-state index is 11.6. The molecular weight excluding hydrogens is 212 g/mol. The van der Waals surface area contributed by atoms with Crippen LogP contribution in [0.3, 0.4) is 0 Å². The molecule has 2 rings (SSSR count). The standard InChI is InChI=1S/C15H20O2/c16-15-9-5-4-8-14(15)10-11-17-12-13-6-2-1-3-7-13/h1-3,6-7,14H,4-5,8-12H2/t14-/m1/s1. The fourth-order valence-corrected chi connectivity index (χ4v) is 2.35. The third-order valence-corrected chi connectivity index (χ3v) is 3.40. The van der Waals surface area contributed by atoms with Gasteiger partial charge in [0.2, 0.25) is 0 Å². The number of carbonyl (C=O) groups excluding carboxylic acids is 1. The summed E-state index contributed by atoms with van der Waals surface area (Å²) in [6, 6.07) is 10.2. The first-order chi connectivity index (χ1) is 8.36. The second kappa shape index (κ2) is 6.55. The number of carbonyl (C=O) groups is 1. The molecule has 1 saturated carbocycles. The van der Waals surface area contributed by atoms with E-state index in [0.29, 0.717) is 19.0 Å². The Morgan fingerprint density at radius 3 is 2.76 bits per heavy atom. The van der Waals surface area contributed by atoms with Gasteiger partial charge in [0.1, 0.15) is 5.78 Å². The summed E-state index contributed by atoms with van der Waals surface area (Å²) in [5.74, 6) is 0.707. The van der Waals surface area contributed by atoms with Crippen molar-refractivity contribution in [2.45, 2.75) is 38.7 Å². The van der Waals surface area contributed by atoms with Gasteiger partial charge in [-0.25, -0.2) is 0 Å². The van der Waals surface area contributed by atoms with E-state index < -0.39 is 0 Å². The summed E-state index contributed by atoms with van der Waals surface area (Å²) in [7, 11) is 0. The zero-order chi connectivity index (χ0) is 11.9. The summed E-state index contributed by atoms with van der Waals surface area (Å²) >= 11 is 0. The van der Waals surface area contributed by atoms with Crippen molar-refractivity contribution in [3.63, 3.8) is 0 Å². The lowest BCUT2D eigenvalue weighted by Gasteiger charge is -2.20. The van der Waals surface area contributed by atoms with Crippen molar-refractivity contribution in [3.8, 4) is 0 Å². The molecule has 2 nitrogen and oxygen atoms in total. The number of ether oxygens (including phenoxy) is 1. The molecule has 2 heteroatoms. The van der Waals surface area contributed by atoms with E-state index in [2.05, 4.69) is 12.1 Å². The van der Waals surface area contributed by atoms with Gasteiger partial charge in [-0.3, -0.25) is 4.79 Å². The van der Waals surface area contributed by atoms with Crippen molar-refractivity contribution < 1.29 is 9.53 Å².